The van der Waals surface area contributed by atoms with Crippen LogP contribution >= 0.6 is 11.3 Å². The Balaban J connectivity index is 1.57. The van der Waals surface area contributed by atoms with Crippen molar-refractivity contribution in [1.82, 2.24) is 9.97 Å². The second kappa shape index (κ2) is 8.16. The lowest BCUT2D eigenvalue weighted by atomic mass is 9.99. The van der Waals surface area contributed by atoms with Gasteiger partial charge in [-0.1, -0.05) is 23.8 Å². The number of hydrogen-bond acceptors (Lipinski definition) is 5. The highest BCUT2D eigenvalue weighted by Crippen LogP contribution is 2.33. The highest BCUT2D eigenvalue weighted by molar-refractivity contribution is 7.17. The fourth-order valence-electron chi connectivity index (χ4n) is 3.44. The van der Waals surface area contributed by atoms with Gasteiger partial charge in [-0.3, -0.25) is 9.59 Å². The SMILES string of the molecule is Cc1ccc(-c2csc3nc(CC(=O)Nc4ccc(C(=O)O)cc4)[nH]c(=O)c23)c(C)c1. The molecular formula is C23H19N3O4S. The minimum Gasteiger partial charge on any atom is -0.478 e. The van der Waals surface area contributed by atoms with Crippen LogP contribution in [0.3, 0.4) is 0 Å². The largest absolute Gasteiger partial charge is 0.478 e. The van der Waals surface area contributed by atoms with Gasteiger partial charge in [0.2, 0.25) is 5.91 Å². The Hall–Kier alpha value is -3.78. The number of fused-ring (bicyclic) bond motifs is 1. The number of anilines is 1. The van der Waals surface area contributed by atoms with Crippen LogP contribution in [-0.4, -0.2) is 27.0 Å². The summed E-state index contributed by atoms with van der Waals surface area (Å²) in [5.74, 6) is -1.13. The third-order valence-corrected chi connectivity index (χ3v) is 5.78. The first-order valence-electron chi connectivity index (χ1n) is 9.53. The molecule has 0 aliphatic carbocycles. The van der Waals surface area contributed by atoms with Gasteiger partial charge < -0.3 is 15.4 Å². The molecule has 31 heavy (non-hydrogen) atoms. The molecule has 2 aromatic carbocycles. The monoisotopic (exact) mass is 433 g/mol. The Kier molecular flexibility index (Phi) is 5.39. The van der Waals surface area contributed by atoms with Gasteiger partial charge >= 0.3 is 5.97 Å². The molecular weight excluding hydrogens is 414 g/mol. The summed E-state index contributed by atoms with van der Waals surface area (Å²) in [4.78, 5) is 43.8. The maximum atomic E-state index is 12.8. The average molecular weight is 433 g/mol. The molecule has 0 unspecified atom stereocenters. The lowest BCUT2D eigenvalue weighted by Crippen LogP contribution is -2.19. The number of carboxylic acids is 1. The fraction of sp³-hybridized carbons (Fsp3) is 0.130. The van der Waals surface area contributed by atoms with Crippen LogP contribution in [0.1, 0.15) is 27.3 Å². The molecule has 0 aliphatic rings. The summed E-state index contributed by atoms with van der Waals surface area (Å²) in [5.41, 5.74) is 4.36. The molecule has 4 rings (SSSR count). The molecule has 0 saturated carbocycles. The molecule has 0 aliphatic heterocycles. The van der Waals surface area contributed by atoms with Gasteiger partial charge in [0.1, 0.15) is 10.7 Å². The Morgan fingerprint density at radius 1 is 1.10 bits per heavy atom. The van der Waals surface area contributed by atoms with Crippen LogP contribution in [0.2, 0.25) is 0 Å². The predicted molar refractivity (Wildman–Crippen MR) is 121 cm³/mol. The molecule has 0 fully saturated rings. The molecule has 2 aromatic heterocycles. The molecule has 156 valence electrons. The van der Waals surface area contributed by atoms with E-state index >= 15 is 0 Å². The van der Waals surface area contributed by atoms with Gasteiger partial charge in [-0.2, -0.15) is 0 Å². The summed E-state index contributed by atoms with van der Waals surface area (Å²) >= 11 is 1.37. The molecule has 2 heterocycles. The first-order chi connectivity index (χ1) is 14.8. The number of rotatable bonds is 5. The number of carbonyl (C=O) groups is 2. The number of aromatic carboxylic acids is 1. The molecule has 0 spiro atoms. The normalized spacial score (nSPS) is 10.9. The van der Waals surface area contributed by atoms with Gasteiger partial charge in [0.05, 0.1) is 17.4 Å². The number of amides is 1. The number of H-pyrrole nitrogens is 1. The summed E-state index contributed by atoms with van der Waals surface area (Å²) in [6, 6.07) is 11.9. The maximum absolute atomic E-state index is 12.8. The summed E-state index contributed by atoms with van der Waals surface area (Å²) in [7, 11) is 0. The van der Waals surface area contributed by atoms with Gasteiger partial charge in [-0.05, 0) is 49.2 Å². The number of benzene rings is 2. The van der Waals surface area contributed by atoms with E-state index < -0.39 is 5.97 Å². The van der Waals surface area contributed by atoms with Crippen molar-refractivity contribution >= 4 is 39.1 Å². The zero-order chi connectivity index (χ0) is 22.1. The van der Waals surface area contributed by atoms with Crippen LogP contribution < -0.4 is 10.9 Å². The second-order valence-corrected chi connectivity index (χ2v) is 8.13. The van der Waals surface area contributed by atoms with E-state index in [2.05, 4.69) is 21.4 Å². The topological polar surface area (TPSA) is 112 Å². The molecule has 0 atom stereocenters. The third-order valence-electron chi connectivity index (χ3n) is 4.91. The molecule has 0 radical (unpaired) electrons. The summed E-state index contributed by atoms with van der Waals surface area (Å²) in [6.45, 7) is 4.03. The first-order valence-corrected chi connectivity index (χ1v) is 10.4. The first kappa shape index (κ1) is 20.5. The number of aryl methyl sites for hydroxylation is 2. The molecule has 7 nitrogen and oxygen atoms in total. The number of thiophene rings is 1. The van der Waals surface area contributed by atoms with Gasteiger partial charge in [-0.15, -0.1) is 11.3 Å². The standard InChI is InChI=1S/C23H19N3O4S/c1-12-3-8-16(13(2)9-12)17-11-31-22-20(17)21(28)25-18(26-22)10-19(27)24-15-6-4-14(5-7-15)23(29)30/h3-9,11H,10H2,1-2H3,(H,24,27)(H,29,30)(H,25,26,28). The number of hydrogen-bond donors (Lipinski definition) is 3. The molecule has 0 bridgehead atoms. The van der Waals surface area contributed by atoms with Gasteiger partial charge in [-0.25, -0.2) is 9.78 Å². The van der Waals surface area contributed by atoms with E-state index in [1.165, 1.54) is 35.6 Å². The predicted octanol–water partition coefficient (Wildman–Crippen LogP) is 4.15. The van der Waals surface area contributed by atoms with Crippen molar-refractivity contribution in [3.8, 4) is 11.1 Å². The highest BCUT2D eigenvalue weighted by atomic mass is 32.1. The number of nitrogens with one attached hydrogen (secondary N) is 2. The minimum absolute atomic E-state index is 0.108. The Bertz CT molecular complexity index is 1370. The average Bonchev–Trinajstić information content (AvgIpc) is 3.12. The molecule has 1 amide bonds. The minimum atomic E-state index is -1.04. The lowest BCUT2D eigenvalue weighted by molar-refractivity contribution is -0.115. The zero-order valence-electron chi connectivity index (χ0n) is 16.9. The van der Waals surface area contributed by atoms with Crippen molar-refractivity contribution in [1.29, 1.82) is 0 Å². The number of carboxylic acid groups (broad SMARTS) is 1. The van der Waals surface area contributed by atoms with E-state index in [0.717, 1.165) is 22.3 Å². The Morgan fingerprint density at radius 2 is 1.84 bits per heavy atom. The van der Waals surface area contributed by atoms with Gasteiger partial charge in [0.25, 0.3) is 5.56 Å². The summed E-state index contributed by atoms with van der Waals surface area (Å²) < 4.78 is 0. The summed E-state index contributed by atoms with van der Waals surface area (Å²) in [5, 5.41) is 14.0. The number of aromatic nitrogens is 2. The summed E-state index contributed by atoms with van der Waals surface area (Å²) in [6.07, 6.45) is -0.108. The van der Waals surface area contributed by atoms with E-state index in [4.69, 9.17) is 5.11 Å². The fourth-order valence-corrected chi connectivity index (χ4v) is 4.40. The van der Waals surface area contributed by atoms with Crippen LogP contribution in [0.15, 0.2) is 52.6 Å². The van der Waals surface area contributed by atoms with Gasteiger partial charge in [0, 0.05) is 16.6 Å². The molecule has 4 aromatic rings. The smallest absolute Gasteiger partial charge is 0.335 e. The van der Waals surface area contributed by atoms with Crippen molar-refractivity contribution in [3.63, 3.8) is 0 Å². The Labute approximate surface area is 181 Å². The van der Waals surface area contributed by atoms with Crippen LogP contribution in [-0.2, 0) is 11.2 Å². The molecule has 8 heteroatoms. The van der Waals surface area contributed by atoms with E-state index in [9.17, 15) is 14.4 Å². The van der Waals surface area contributed by atoms with Crippen molar-refractivity contribution in [2.24, 2.45) is 0 Å². The van der Waals surface area contributed by atoms with E-state index in [-0.39, 0.29) is 29.3 Å². The van der Waals surface area contributed by atoms with Crippen LogP contribution in [0.4, 0.5) is 5.69 Å². The number of nitrogens with zero attached hydrogens (tertiary/aromatic N) is 1. The number of aromatic amines is 1. The maximum Gasteiger partial charge on any atom is 0.335 e. The quantitative estimate of drug-likeness (QED) is 0.438. The van der Waals surface area contributed by atoms with E-state index in [0.29, 0.717) is 15.9 Å². The second-order valence-electron chi connectivity index (χ2n) is 7.27. The van der Waals surface area contributed by atoms with Crippen molar-refractivity contribution in [3.05, 3.63) is 80.7 Å². The van der Waals surface area contributed by atoms with Crippen molar-refractivity contribution < 1.29 is 14.7 Å². The number of carbonyl (C=O) groups excluding carboxylic acids is 1. The molecule has 0 saturated heterocycles. The van der Waals surface area contributed by atoms with Crippen LogP contribution in [0, 0.1) is 13.8 Å². The lowest BCUT2D eigenvalue weighted by Gasteiger charge is -2.07. The van der Waals surface area contributed by atoms with E-state index in [1.807, 2.05) is 31.4 Å². The van der Waals surface area contributed by atoms with E-state index in [1.54, 1.807) is 0 Å². The zero-order valence-corrected chi connectivity index (χ0v) is 17.7. The highest BCUT2D eigenvalue weighted by Gasteiger charge is 2.16. The van der Waals surface area contributed by atoms with Crippen LogP contribution in [0.25, 0.3) is 21.3 Å². The van der Waals surface area contributed by atoms with Crippen molar-refractivity contribution in [2.75, 3.05) is 5.32 Å². The van der Waals surface area contributed by atoms with Gasteiger partial charge in [0.15, 0.2) is 0 Å². The van der Waals surface area contributed by atoms with Crippen LogP contribution in [0.5, 0.6) is 0 Å². The Morgan fingerprint density at radius 3 is 2.52 bits per heavy atom. The van der Waals surface area contributed by atoms with Crippen molar-refractivity contribution in [2.45, 2.75) is 20.3 Å². The molecule has 3 N–H and O–H groups in total. The third kappa shape index (κ3) is 4.24.